The molecule has 1 aromatic rings. The molecular formula is C15H18O4. The zero-order valence-corrected chi connectivity index (χ0v) is 11.0. The SMILES string of the molecule is COC(=O)C[C@H](c1ccc(C=O)c(O)c1)C1CCC1. The number of carbonyl (C=O) groups excluding carboxylic acids is 2. The summed E-state index contributed by atoms with van der Waals surface area (Å²) in [5.41, 5.74) is 1.17. The molecule has 0 aromatic heterocycles. The lowest BCUT2D eigenvalue weighted by Gasteiger charge is -2.33. The molecule has 0 radical (unpaired) electrons. The van der Waals surface area contributed by atoms with Gasteiger partial charge in [0.2, 0.25) is 0 Å². The van der Waals surface area contributed by atoms with E-state index >= 15 is 0 Å². The van der Waals surface area contributed by atoms with Crippen LogP contribution in [0.15, 0.2) is 18.2 Å². The lowest BCUT2D eigenvalue weighted by atomic mass is 9.71. The Hall–Kier alpha value is -1.84. The molecule has 0 heterocycles. The lowest BCUT2D eigenvalue weighted by molar-refractivity contribution is -0.141. The van der Waals surface area contributed by atoms with Gasteiger partial charge in [0.05, 0.1) is 19.1 Å². The van der Waals surface area contributed by atoms with E-state index in [1.54, 1.807) is 12.1 Å². The summed E-state index contributed by atoms with van der Waals surface area (Å²) in [6.45, 7) is 0. The largest absolute Gasteiger partial charge is 0.507 e. The van der Waals surface area contributed by atoms with Gasteiger partial charge in [-0.15, -0.1) is 0 Å². The minimum absolute atomic E-state index is 0.0262. The van der Waals surface area contributed by atoms with Gasteiger partial charge < -0.3 is 9.84 Å². The first-order valence-electron chi connectivity index (χ1n) is 6.50. The van der Waals surface area contributed by atoms with E-state index in [9.17, 15) is 14.7 Å². The van der Waals surface area contributed by atoms with E-state index in [-0.39, 0.29) is 23.2 Å². The molecular weight excluding hydrogens is 244 g/mol. The number of carbonyl (C=O) groups is 2. The standard InChI is InChI=1S/C15H18O4/c1-19-15(18)8-13(10-3-2-4-10)11-5-6-12(9-16)14(17)7-11/h5-7,9-10,13,17H,2-4,8H2,1H3/t13-/m0/s1. The van der Waals surface area contributed by atoms with Crippen LogP contribution in [-0.2, 0) is 9.53 Å². The number of benzene rings is 1. The first-order valence-corrected chi connectivity index (χ1v) is 6.50. The second kappa shape index (κ2) is 5.87. The van der Waals surface area contributed by atoms with Crippen LogP contribution in [0.25, 0.3) is 0 Å². The van der Waals surface area contributed by atoms with Gasteiger partial charge in [-0.05, 0) is 42.4 Å². The summed E-state index contributed by atoms with van der Waals surface area (Å²) in [6, 6.07) is 5.01. The van der Waals surface area contributed by atoms with Gasteiger partial charge in [-0.1, -0.05) is 12.5 Å². The van der Waals surface area contributed by atoms with Crippen LogP contribution >= 0.6 is 0 Å². The first kappa shape index (κ1) is 13.6. The van der Waals surface area contributed by atoms with E-state index in [1.165, 1.54) is 13.5 Å². The molecule has 1 N–H and O–H groups in total. The van der Waals surface area contributed by atoms with E-state index in [4.69, 9.17) is 4.74 Å². The molecule has 1 aliphatic rings. The smallest absolute Gasteiger partial charge is 0.306 e. The molecule has 0 saturated heterocycles. The van der Waals surface area contributed by atoms with Gasteiger partial charge in [-0.3, -0.25) is 9.59 Å². The fourth-order valence-corrected chi connectivity index (χ4v) is 2.55. The van der Waals surface area contributed by atoms with Crippen LogP contribution in [0.1, 0.15) is 47.5 Å². The molecule has 0 spiro atoms. The molecule has 4 nitrogen and oxygen atoms in total. The van der Waals surface area contributed by atoms with Crippen molar-refractivity contribution in [2.45, 2.75) is 31.6 Å². The number of methoxy groups -OCH3 is 1. The van der Waals surface area contributed by atoms with E-state index in [0.717, 1.165) is 18.4 Å². The van der Waals surface area contributed by atoms with Crippen LogP contribution in [0.3, 0.4) is 0 Å². The molecule has 0 unspecified atom stereocenters. The van der Waals surface area contributed by atoms with Crippen molar-refractivity contribution in [3.63, 3.8) is 0 Å². The number of rotatable bonds is 5. The summed E-state index contributed by atoms with van der Waals surface area (Å²) in [4.78, 5) is 22.2. The molecule has 1 atom stereocenters. The number of aromatic hydroxyl groups is 1. The number of ether oxygens (including phenoxy) is 1. The topological polar surface area (TPSA) is 63.6 Å². The van der Waals surface area contributed by atoms with Crippen molar-refractivity contribution in [1.82, 2.24) is 0 Å². The predicted octanol–water partition coefficient (Wildman–Crippen LogP) is 2.65. The van der Waals surface area contributed by atoms with Gasteiger partial charge in [-0.25, -0.2) is 0 Å². The Labute approximate surface area is 112 Å². The maximum Gasteiger partial charge on any atom is 0.306 e. The molecule has 19 heavy (non-hydrogen) atoms. The minimum Gasteiger partial charge on any atom is -0.507 e. The number of phenolic OH excluding ortho intramolecular Hbond substituents is 1. The molecule has 0 bridgehead atoms. The van der Waals surface area contributed by atoms with Crippen molar-refractivity contribution in [3.05, 3.63) is 29.3 Å². The van der Waals surface area contributed by atoms with Gasteiger partial charge in [0.1, 0.15) is 5.75 Å². The van der Waals surface area contributed by atoms with Gasteiger partial charge in [-0.2, -0.15) is 0 Å². The molecule has 1 saturated carbocycles. The van der Waals surface area contributed by atoms with Gasteiger partial charge in [0.25, 0.3) is 0 Å². The highest BCUT2D eigenvalue weighted by Gasteiger charge is 2.30. The number of esters is 1. The quantitative estimate of drug-likeness (QED) is 0.654. The average Bonchev–Trinajstić information content (AvgIpc) is 2.35. The maximum absolute atomic E-state index is 11.5. The van der Waals surface area contributed by atoms with Crippen LogP contribution < -0.4 is 0 Å². The molecule has 1 aromatic carbocycles. The van der Waals surface area contributed by atoms with Crippen LogP contribution in [0.5, 0.6) is 5.75 Å². The van der Waals surface area contributed by atoms with Crippen molar-refractivity contribution in [1.29, 1.82) is 0 Å². The van der Waals surface area contributed by atoms with Crippen LogP contribution in [0, 0.1) is 5.92 Å². The molecule has 102 valence electrons. The van der Waals surface area contributed by atoms with Gasteiger partial charge in [0, 0.05) is 0 Å². The third-order valence-corrected chi connectivity index (χ3v) is 3.94. The molecule has 2 rings (SSSR count). The zero-order valence-electron chi connectivity index (χ0n) is 11.0. The Morgan fingerprint density at radius 3 is 2.74 bits per heavy atom. The third-order valence-electron chi connectivity index (χ3n) is 3.94. The van der Waals surface area contributed by atoms with E-state index in [2.05, 4.69) is 0 Å². The Bertz CT molecular complexity index is 477. The Morgan fingerprint density at radius 1 is 1.53 bits per heavy atom. The Balaban J connectivity index is 2.24. The summed E-state index contributed by atoms with van der Waals surface area (Å²) in [5.74, 6) is 0.255. The fourth-order valence-electron chi connectivity index (χ4n) is 2.55. The molecule has 0 aliphatic heterocycles. The molecule has 1 fully saturated rings. The predicted molar refractivity (Wildman–Crippen MR) is 70.2 cm³/mol. The van der Waals surface area contributed by atoms with Crippen molar-refractivity contribution >= 4 is 12.3 Å². The Kier molecular flexibility index (Phi) is 4.20. The summed E-state index contributed by atoms with van der Waals surface area (Å²) < 4.78 is 4.74. The van der Waals surface area contributed by atoms with E-state index in [1.807, 2.05) is 6.07 Å². The van der Waals surface area contributed by atoms with Gasteiger partial charge in [0.15, 0.2) is 6.29 Å². The van der Waals surface area contributed by atoms with Crippen molar-refractivity contribution in [2.24, 2.45) is 5.92 Å². The van der Waals surface area contributed by atoms with Crippen LogP contribution in [0.4, 0.5) is 0 Å². The average molecular weight is 262 g/mol. The lowest BCUT2D eigenvalue weighted by Crippen LogP contribution is -2.23. The monoisotopic (exact) mass is 262 g/mol. The highest BCUT2D eigenvalue weighted by molar-refractivity contribution is 5.79. The second-order valence-corrected chi connectivity index (χ2v) is 5.01. The van der Waals surface area contributed by atoms with E-state index < -0.39 is 0 Å². The zero-order chi connectivity index (χ0) is 13.8. The Morgan fingerprint density at radius 2 is 2.26 bits per heavy atom. The summed E-state index contributed by atoms with van der Waals surface area (Å²) in [7, 11) is 1.38. The van der Waals surface area contributed by atoms with Gasteiger partial charge >= 0.3 is 5.97 Å². The highest BCUT2D eigenvalue weighted by atomic mass is 16.5. The normalized spacial score (nSPS) is 16.5. The highest BCUT2D eigenvalue weighted by Crippen LogP contribution is 2.42. The van der Waals surface area contributed by atoms with Crippen LogP contribution in [-0.4, -0.2) is 24.5 Å². The summed E-state index contributed by atoms with van der Waals surface area (Å²) >= 11 is 0. The molecule has 1 aliphatic carbocycles. The van der Waals surface area contributed by atoms with E-state index in [0.29, 0.717) is 18.6 Å². The number of hydrogen-bond acceptors (Lipinski definition) is 4. The first-order chi connectivity index (χ1) is 9.15. The second-order valence-electron chi connectivity index (χ2n) is 5.01. The number of aldehydes is 1. The molecule has 0 amide bonds. The van der Waals surface area contributed by atoms with Crippen LogP contribution in [0.2, 0.25) is 0 Å². The van der Waals surface area contributed by atoms with Crippen molar-refractivity contribution in [2.75, 3.05) is 7.11 Å². The summed E-state index contributed by atoms with van der Waals surface area (Å²) in [6.07, 6.45) is 4.31. The number of hydrogen-bond donors (Lipinski definition) is 1. The number of phenols is 1. The minimum atomic E-state index is -0.240. The van der Waals surface area contributed by atoms with Crippen molar-refractivity contribution < 1.29 is 19.4 Å². The maximum atomic E-state index is 11.5. The summed E-state index contributed by atoms with van der Waals surface area (Å²) in [5, 5.41) is 9.76. The third kappa shape index (κ3) is 2.95. The molecule has 4 heteroatoms. The fraction of sp³-hybridized carbons (Fsp3) is 0.467. The van der Waals surface area contributed by atoms with Crippen molar-refractivity contribution in [3.8, 4) is 5.75 Å².